The lowest BCUT2D eigenvalue weighted by atomic mass is 10.1. The number of aromatic nitrogens is 4. The van der Waals surface area contributed by atoms with Crippen molar-refractivity contribution in [2.24, 2.45) is 0 Å². The molecule has 24 heavy (non-hydrogen) atoms. The molecule has 8 nitrogen and oxygen atoms in total. The minimum atomic E-state index is -0.453. The molecule has 0 atom stereocenters. The van der Waals surface area contributed by atoms with E-state index in [1.54, 1.807) is 18.2 Å². The number of hydrogen-bond donors (Lipinski definition) is 2. The summed E-state index contributed by atoms with van der Waals surface area (Å²) in [6, 6.07) is 4.53. The van der Waals surface area contributed by atoms with E-state index in [-0.39, 0.29) is 29.3 Å². The second kappa shape index (κ2) is 5.63. The van der Waals surface area contributed by atoms with E-state index in [4.69, 9.17) is 0 Å². The van der Waals surface area contributed by atoms with Gasteiger partial charge in [0.1, 0.15) is 0 Å². The summed E-state index contributed by atoms with van der Waals surface area (Å²) >= 11 is 0. The first-order valence-corrected chi connectivity index (χ1v) is 7.77. The van der Waals surface area contributed by atoms with Crippen molar-refractivity contribution in [2.45, 2.75) is 39.8 Å². The van der Waals surface area contributed by atoms with Gasteiger partial charge in [-0.2, -0.15) is 0 Å². The maximum absolute atomic E-state index is 12.7. The van der Waals surface area contributed by atoms with Crippen LogP contribution in [0.4, 0.5) is 0 Å². The minimum Gasteiger partial charge on any atom is -0.350 e. The Hall–Kier alpha value is -2.90. The van der Waals surface area contributed by atoms with Crippen LogP contribution < -0.4 is 16.6 Å². The van der Waals surface area contributed by atoms with Crippen molar-refractivity contribution < 1.29 is 4.79 Å². The van der Waals surface area contributed by atoms with Gasteiger partial charge in [-0.1, -0.05) is 0 Å². The maximum Gasteiger partial charge on any atom is 0.349 e. The fraction of sp³-hybridized carbons (Fsp3) is 0.375. The molecule has 0 aliphatic heterocycles. The molecule has 2 N–H and O–H groups in total. The predicted octanol–water partition coefficient (Wildman–Crippen LogP) is 1.06. The Bertz CT molecular complexity index is 1060. The van der Waals surface area contributed by atoms with Gasteiger partial charge in [-0.25, -0.2) is 14.3 Å². The monoisotopic (exact) mass is 329 g/mol. The summed E-state index contributed by atoms with van der Waals surface area (Å²) in [5.41, 5.74) is 0.0440. The van der Waals surface area contributed by atoms with Crippen LogP contribution in [0.3, 0.4) is 0 Å². The van der Waals surface area contributed by atoms with E-state index in [9.17, 15) is 14.4 Å². The summed E-state index contributed by atoms with van der Waals surface area (Å²) in [4.78, 5) is 37.1. The van der Waals surface area contributed by atoms with E-state index >= 15 is 0 Å². The average molecular weight is 329 g/mol. The van der Waals surface area contributed by atoms with Crippen molar-refractivity contribution in [2.75, 3.05) is 0 Å². The molecule has 1 amide bonds. The zero-order chi connectivity index (χ0) is 17.6. The molecule has 0 unspecified atom stereocenters. The van der Waals surface area contributed by atoms with Gasteiger partial charge in [-0.3, -0.25) is 14.2 Å². The van der Waals surface area contributed by atoms with E-state index in [1.165, 1.54) is 8.97 Å². The highest BCUT2D eigenvalue weighted by atomic mass is 16.2. The Labute approximate surface area is 137 Å². The number of amides is 1. The van der Waals surface area contributed by atoms with Gasteiger partial charge in [-0.05, 0) is 45.9 Å². The van der Waals surface area contributed by atoms with Gasteiger partial charge in [-0.15, -0.1) is 5.10 Å². The number of aromatic amines is 1. The topological polar surface area (TPSA) is 101 Å². The number of nitrogens with one attached hydrogen (secondary N) is 2. The Morgan fingerprint density at radius 2 is 1.92 bits per heavy atom. The highest BCUT2D eigenvalue weighted by Gasteiger charge is 2.18. The molecule has 1 aromatic carbocycles. The first kappa shape index (κ1) is 16.0. The predicted molar refractivity (Wildman–Crippen MR) is 90.6 cm³/mol. The van der Waals surface area contributed by atoms with Crippen LogP contribution in [0.1, 0.15) is 44.1 Å². The normalized spacial score (nSPS) is 11.8. The Balaban J connectivity index is 2.39. The van der Waals surface area contributed by atoms with Gasteiger partial charge in [0.25, 0.3) is 11.5 Å². The van der Waals surface area contributed by atoms with E-state index in [2.05, 4.69) is 15.5 Å². The third-order valence-corrected chi connectivity index (χ3v) is 3.76. The van der Waals surface area contributed by atoms with Crippen LogP contribution in [0, 0.1) is 0 Å². The van der Waals surface area contributed by atoms with Gasteiger partial charge in [0.2, 0.25) is 5.78 Å². The van der Waals surface area contributed by atoms with E-state index in [0.29, 0.717) is 16.5 Å². The maximum atomic E-state index is 12.7. The third kappa shape index (κ3) is 2.40. The number of fused-ring (bicyclic) bond motifs is 3. The van der Waals surface area contributed by atoms with Gasteiger partial charge >= 0.3 is 5.69 Å². The molecule has 0 fully saturated rings. The zero-order valence-electron chi connectivity index (χ0n) is 14.0. The molecule has 0 aliphatic carbocycles. The van der Waals surface area contributed by atoms with Crippen molar-refractivity contribution in [3.8, 4) is 0 Å². The number of nitrogens with zero attached hydrogens (tertiary/aromatic N) is 3. The fourth-order valence-electron chi connectivity index (χ4n) is 2.74. The van der Waals surface area contributed by atoms with Crippen LogP contribution >= 0.6 is 0 Å². The molecule has 3 aromatic rings. The van der Waals surface area contributed by atoms with Gasteiger partial charge in [0.15, 0.2) is 0 Å². The zero-order valence-corrected chi connectivity index (χ0v) is 14.0. The number of rotatable bonds is 3. The second-order valence-corrected chi connectivity index (χ2v) is 6.29. The summed E-state index contributed by atoms with van der Waals surface area (Å²) in [5.74, 6) is -0.0291. The lowest BCUT2D eigenvalue weighted by Gasteiger charge is -2.13. The summed E-state index contributed by atoms with van der Waals surface area (Å²) < 4.78 is 2.77. The second-order valence-electron chi connectivity index (χ2n) is 6.29. The molecule has 0 radical (unpaired) electrons. The van der Waals surface area contributed by atoms with Gasteiger partial charge in [0.05, 0.1) is 10.9 Å². The summed E-state index contributed by atoms with van der Waals surface area (Å²) in [5, 5.41) is 9.48. The van der Waals surface area contributed by atoms with E-state index in [0.717, 1.165) is 0 Å². The molecule has 0 saturated heterocycles. The number of hydrogen-bond acceptors (Lipinski definition) is 4. The lowest BCUT2D eigenvalue weighted by molar-refractivity contribution is 0.0943. The van der Waals surface area contributed by atoms with Gasteiger partial charge < -0.3 is 5.32 Å². The molecule has 0 bridgehead atoms. The van der Waals surface area contributed by atoms with Crippen molar-refractivity contribution in [3.05, 3.63) is 44.6 Å². The number of carbonyl (C=O) groups excluding carboxylic acids is 1. The van der Waals surface area contributed by atoms with E-state index < -0.39 is 5.69 Å². The van der Waals surface area contributed by atoms with Crippen LogP contribution in [0.2, 0.25) is 0 Å². The van der Waals surface area contributed by atoms with E-state index in [1.807, 2.05) is 27.7 Å². The first-order chi connectivity index (χ1) is 11.3. The highest BCUT2D eigenvalue weighted by molar-refractivity contribution is 5.98. The van der Waals surface area contributed by atoms with Crippen molar-refractivity contribution >= 4 is 22.6 Å². The third-order valence-electron chi connectivity index (χ3n) is 3.76. The Morgan fingerprint density at radius 1 is 1.21 bits per heavy atom. The van der Waals surface area contributed by atoms with Crippen molar-refractivity contribution in [3.63, 3.8) is 0 Å². The quantitative estimate of drug-likeness (QED) is 0.750. The molecular weight excluding hydrogens is 310 g/mol. The average Bonchev–Trinajstić information content (AvgIpc) is 2.87. The molecule has 2 heterocycles. The number of benzene rings is 1. The molecule has 0 spiro atoms. The summed E-state index contributed by atoms with van der Waals surface area (Å²) in [6.45, 7) is 7.41. The number of carbonyl (C=O) groups is 1. The molecule has 2 aromatic heterocycles. The van der Waals surface area contributed by atoms with Crippen molar-refractivity contribution in [1.82, 2.24) is 24.5 Å². The molecule has 126 valence electrons. The highest BCUT2D eigenvalue weighted by Crippen LogP contribution is 2.16. The van der Waals surface area contributed by atoms with Crippen LogP contribution in [0.25, 0.3) is 16.7 Å². The van der Waals surface area contributed by atoms with Crippen LogP contribution in [-0.4, -0.2) is 31.1 Å². The Kier molecular flexibility index (Phi) is 3.75. The minimum absolute atomic E-state index is 0.0150. The van der Waals surface area contributed by atoms with Crippen LogP contribution in [0.15, 0.2) is 27.8 Å². The smallest absolute Gasteiger partial charge is 0.349 e. The molecule has 8 heteroatoms. The SMILES string of the molecule is CC(C)NC(=O)c1ccc2c(=O)n(C(C)C)c3n[nH]c(=O)n3c2c1. The van der Waals surface area contributed by atoms with Crippen molar-refractivity contribution in [1.29, 1.82) is 0 Å². The van der Waals surface area contributed by atoms with Gasteiger partial charge in [0, 0.05) is 17.6 Å². The summed E-state index contributed by atoms with van der Waals surface area (Å²) in [7, 11) is 0. The number of H-pyrrole nitrogens is 1. The lowest BCUT2D eigenvalue weighted by Crippen LogP contribution is -2.30. The van der Waals surface area contributed by atoms with Crippen LogP contribution in [-0.2, 0) is 0 Å². The molecule has 3 rings (SSSR count). The molecular formula is C16H19N5O3. The van der Waals surface area contributed by atoms with Crippen LogP contribution in [0.5, 0.6) is 0 Å². The molecule has 0 saturated carbocycles. The Morgan fingerprint density at radius 3 is 2.54 bits per heavy atom. The summed E-state index contributed by atoms with van der Waals surface area (Å²) in [6.07, 6.45) is 0. The molecule has 0 aliphatic rings. The standard InChI is InChI=1S/C16H19N5O3/c1-8(2)17-13(22)10-5-6-11-12(7-10)21-15(18-19-16(21)24)20(9(3)4)14(11)23/h5-9H,1-4H3,(H,17,22)(H,19,24). The fourth-order valence-corrected chi connectivity index (χ4v) is 2.74. The largest absolute Gasteiger partial charge is 0.350 e. The first-order valence-electron chi connectivity index (χ1n) is 7.77.